The highest BCUT2D eigenvalue weighted by Gasteiger charge is 2.46. The van der Waals surface area contributed by atoms with Gasteiger partial charge in [0.05, 0.1) is 0 Å². The SMILES string of the molecule is CCCC1(C)CC(=O)NC1C(=O)O. The Balaban J connectivity index is 2.81. The lowest BCUT2D eigenvalue weighted by atomic mass is 9.78. The van der Waals surface area contributed by atoms with E-state index in [9.17, 15) is 9.59 Å². The van der Waals surface area contributed by atoms with Crippen LogP contribution >= 0.6 is 0 Å². The Bertz CT molecular complexity index is 239. The molecule has 74 valence electrons. The smallest absolute Gasteiger partial charge is 0.326 e. The number of aliphatic carboxylic acids is 1. The first-order valence-corrected chi connectivity index (χ1v) is 4.52. The maximum absolute atomic E-state index is 11.1. The van der Waals surface area contributed by atoms with Gasteiger partial charge in [0.2, 0.25) is 5.91 Å². The summed E-state index contributed by atoms with van der Waals surface area (Å²) in [7, 11) is 0. The van der Waals surface area contributed by atoms with Gasteiger partial charge in [-0.15, -0.1) is 0 Å². The van der Waals surface area contributed by atoms with E-state index in [-0.39, 0.29) is 5.91 Å². The Morgan fingerprint density at radius 2 is 2.38 bits per heavy atom. The van der Waals surface area contributed by atoms with E-state index in [0.29, 0.717) is 6.42 Å². The molecule has 0 aromatic rings. The second kappa shape index (κ2) is 3.36. The number of hydrogen-bond donors (Lipinski definition) is 2. The van der Waals surface area contributed by atoms with Crippen molar-refractivity contribution in [2.75, 3.05) is 0 Å². The van der Waals surface area contributed by atoms with Crippen LogP contribution in [0, 0.1) is 5.41 Å². The maximum atomic E-state index is 11.1. The van der Waals surface area contributed by atoms with E-state index in [0.717, 1.165) is 12.8 Å². The molecule has 4 nitrogen and oxygen atoms in total. The second-order valence-electron chi connectivity index (χ2n) is 3.92. The van der Waals surface area contributed by atoms with Crippen molar-refractivity contribution in [3.05, 3.63) is 0 Å². The van der Waals surface area contributed by atoms with Crippen LogP contribution in [0.1, 0.15) is 33.1 Å². The number of hydrogen-bond acceptors (Lipinski definition) is 2. The molecule has 1 aliphatic heterocycles. The lowest BCUT2D eigenvalue weighted by Gasteiger charge is -2.26. The molecule has 1 amide bonds. The molecule has 1 saturated heterocycles. The molecule has 13 heavy (non-hydrogen) atoms. The van der Waals surface area contributed by atoms with Gasteiger partial charge in [0, 0.05) is 11.8 Å². The molecule has 1 heterocycles. The van der Waals surface area contributed by atoms with Crippen molar-refractivity contribution in [2.24, 2.45) is 5.41 Å². The molecular formula is C9H15NO3. The quantitative estimate of drug-likeness (QED) is 0.682. The molecule has 0 aliphatic carbocycles. The van der Waals surface area contributed by atoms with Gasteiger partial charge < -0.3 is 10.4 Å². The van der Waals surface area contributed by atoms with E-state index in [1.54, 1.807) is 0 Å². The summed E-state index contributed by atoms with van der Waals surface area (Å²) in [6.45, 7) is 3.85. The van der Waals surface area contributed by atoms with Gasteiger partial charge in [0.15, 0.2) is 0 Å². The van der Waals surface area contributed by atoms with E-state index in [1.807, 2.05) is 13.8 Å². The Hall–Kier alpha value is -1.06. The monoisotopic (exact) mass is 185 g/mol. The molecule has 4 heteroatoms. The summed E-state index contributed by atoms with van der Waals surface area (Å²) in [5.74, 6) is -1.08. The van der Waals surface area contributed by atoms with Crippen LogP contribution in [0.5, 0.6) is 0 Å². The van der Waals surface area contributed by atoms with Gasteiger partial charge in [-0.3, -0.25) is 4.79 Å². The van der Waals surface area contributed by atoms with E-state index in [4.69, 9.17) is 5.11 Å². The molecular weight excluding hydrogens is 170 g/mol. The first-order chi connectivity index (χ1) is 5.99. The topological polar surface area (TPSA) is 66.4 Å². The van der Waals surface area contributed by atoms with Gasteiger partial charge in [-0.05, 0) is 6.42 Å². The number of amides is 1. The highest BCUT2D eigenvalue weighted by molar-refractivity contribution is 5.89. The molecule has 0 radical (unpaired) electrons. The molecule has 0 bridgehead atoms. The minimum absolute atomic E-state index is 0.150. The third-order valence-electron chi connectivity index (χ3n) is 2.63. The zero-order valence-electron chi connectivity index (χ0n) is 7.96. The van der Waals surface area contributed by atoms with Crippen LogP contribution in [0.2, 0.25) is 0 Å². The molecule has 0 saturated carbocycles. The van der Waals surface area contributed by atoms with Gasteiger partial charge in [-0.25, -0.2) is 4.79 Å². The standard InChI is InChI=1S/C9H15NO3/c1-3-4-9(2)5-6(11)10-7(9)8(12)13/h7H,3-5H2,1-2H3,(H,10,11)(H,12,13). The fraction of sp³-hybridized carbons (Fsp3) is 0.778. The number of carboxylic acid groups (broad SMARTS) is 1. The first-order valence-electron chi connectivity index (χ1n) is 4.52. The van der Waals surface area contributed by atoms with Gasteiger partial charge in [0.1, 0.15) is 6.04 Å². The third-order valence-corrected chi connectivity index (χ3v) is 2.63. The first kappa shape index (κ1) is 10.0. The van der Waals surface area contributed by atoms with Crippen molar-refractivity contribution in [2.45, 2.75) is 39.2 Å². The van der Waals surface area contributed by atoms with Gasteiger partial charge >= 0.3 is 5.97 Å². The van der Waals surface area contributed by atoms with Crippen molar-refractivity contribution in [3.63, 3.8) is 0 Å². The van der Waals surface area contributed by atoms with Crippen molar-refractivity contribution < 1.29 is 14.7 Å². The van der Waals surface area contributed by atoms with Crippen LogP contribution in [0.25, 0.3) is 0 Å². The van der Waals surface area contributed by atoms with Crippen molar-refractivity contribution in [3.8, 4) is 0 Å². The number of carboxylic acids is 1. The summed E-state index contributed by atoms with van der Waals surface area (Å²) >= 11 is 0. The number of nitrogens with one attached hydrogen (secondary N) is 1. The predicted octanol–water partition coefficient (Wildman–Crippen LogP) is 0.766. The Morgan fingerprint density at radius 3 is 2.85 bits per heavy atom. The third kappa shape index (κ3) is 1.82. The number of carbonyl (C=O) groups is 2. The minimum Gasteiger partial charge on any atom is -0.480 e. The fourth-order valence-electron chi connectivity index (χ4n) is 2.02. The van der Waals surface area contributed by atoms with Gasteiger partial charge in [-0.2, -0.15) is 0 Å². The van der Waals surface area contributed by atoms with Crippen LogP contribution < -0.4 is 5.32 Å². The van der Waals surface area contributed by atoms with E-state index >= 15 is 0 Å². The van der Waals surface area contributed by atoms with Crippen molar-refractivity contribution in [1.29, 1.82) is 0 Å². The highest BCUT2D eigenvalue weighted by Crippen LogP contribution is 2.36. The molecule has 1 fully saturated rings. The fourth-order valence-corrected chi connectivity index (χ4v) is 2.02. The molecule has 0 aromatic heterocycles. The Kier molecular flexibility index (Phi) is 2.59. The largest absolute Gasteiger partial charge is 0.480 e. The molecule has 2 unspecified atom stereocenters. The zero-order chi connectivity index (χ0) is 10.1. The summed E-state index contributed by atoms with van der Waals surface area (Å²) in [6.07, 6.45) is 2.00. The van der Waals surface area contributed by atoms with E-state index < -0.39 is 17.4 Å². The van der Waals surface area contributed by atoms with Gasteiger partial charge in [-0.1, -0.05) is 20.3 Å². The van der Waals surface area contributed by atoms with Gasteiger partial charge in [0.25, 0.3) is 0 Å². The second-order valence-corrected chi connectivity index (χ2v) is 3.92. The molecule has 1 rings (SSSR count). The summed E-state index contributed by atoms with van der Waals surface area (Å²) < 4.78 is 0. The maximum Gasteiger partial charge on any atom is 0.326 e. The number of rotatable bonds is 3. The van der Waals surface area contributed by atoms with Crippen LogP contribution in [-0.4, -0.2) is 23.0 Å². The summed E-state index contributed by atoms with van der Waals surface area (Å²) in [5.41, 5.74) is -0.405. The van der Waals surface area contributed by atoms with E-state index in [1.165, 1.54) is 0 Å². The predicted molar refractivity (Wildman–Crippen MR) is 47.2 cm³/mol. The Labute approximate surface area is 77.3 Å². The van der Waals surface area contributed by atoms with Crippen molar-refractivity contribution in [1.82, 2.24) is 5.32 Å². The number of carbonyl (C=O) groups excluding carboxylic acids is 1. The van der Waals surface area contributed by atoms with Crippen LogP contribution in [-0.2, 0) is 9.59 Å². The van der Waals surface area contributed by atoms with E-state index in [2.05, 4.69) is 5.32 Å². The average molecular weight is 185 g/mol. The summed E-state index contributed by atoms with van der Waals surface area (Å²) in [6, 6.07) is -0.708. The molecule has 2 atom stereocenters. The van der Waals surface area contributed by atoms with Crippen LogP contribution in [0.4, 0.5) is 0 Å². The summed E-state index contributed by atoms with van der Waals surface area (Å²) in [4.78, 5) is 21.9. The zero-order valence-corrected chi connectivity index (χ0v) is 7.96. The van der Waals surface area contributed by atoms with Crippen LogP contribution in [0.15, 0.2) is 0 Å². The summed E-state index contributed by atoms with van der Waals surface area (Å²) in [5, 5.41) is 11.4. The molecule has 1 aliphatic rings. The lowest BCUT2D eigenvalue weighted by Crippen LogP contribution is -2.42. The molecule has 2 N–H and O–H groups in total. The Morgan fingerprint density at radius 1 is 1.77 bits per heavy atom. The minimum atomic E-state index is -0.929. The normalized spacial score (nSPS) is 33.1. The average Bonchev–Trinajstić information content (AvgIpc) is 2.26. The van der Waals surface area contributed by atoms with Crippen molar-refractivity contribution >= 4 is 11.9 Å². The van der Waals surface area contributed by atoms with Crippen LogP contribution in [0.3, 0.4) is 0 Å². The molecule has 0 aromatic carbocycles. The highest BCUT2D eigenvalue weighted by atomic mass is 16.4. The lowest BCUT2D eigenvalue weighted by molar-refractivity contribution is -0.142. The molecule has 0 spiro atoms.